The second-order valence-electron chi connectivity index (χ2n) is 10.6. The zero-order valence-electron chi connectivity index (χ0n) is 20.9. The highest BCUT2D eigenvalue weighted by Gasteiger charge is 2.45. The number of aryl methyl sites for hydroxylation is 2. The van der Waals surface area contributed by atoms with Crippen molar-refractivity contribution in [2.45, 2.75) is 46.0 Å². The van der Waals surface area contributed by atoms with E-state index in [9.17, 15) is 14.9 Å². The van der Waals surface area contributed by atoms with Gasteiger partial charge in [-0.1, -0.05) is 26.0 Å². The Kier molecular flexibility index (Phi) is 5.96. The van der Waals surface area contributed by atoms with Crippen molar-refractivity contribution < 1.29 is 9.59 Å². The molecule has 2 unspecified atom stereocenters. The summed E-state index contributed by atoms with van der Waals surface area (Å²) in [7, 11) is 2.04. The molecule has 1 aromatic carbocycles. The lowest BCUT2D eigenvalue weighted by molar-refractivity contribution is -0.136. The number of carbonyl (C=O) groups is 2. The lowest BCUT2D eigenvalue weighted by Crippen LogP contribution is -2.45. The van der Waals surface area contributed by atoms with E-state index in [0.29, 0.717) is 28.9 Å². The SMILES string of the molecule is Cc1c(CC(=O)c2cccc(C#N)c2)cnc2c1c(C1C3CC[C@H]1CN(C(=O)C(C)C)C3)cn2C. The molecule has 6 nitrogen and oxygen atoms in total. The van der Waals surface area contributed by atoms with E-state index < -0.39 is 0 Å². The highest BCUT2D eigenvalue weighted by atomic mass is 16.2. The van der Waals surface area contributed by atoms with Crippen molar-refractivity contribution in [1.82, 2.24) is 14.5 Å². The third-order valence-corrected chi connectivity index (χ3v) is 8.04. The Morgan fingerprint density at radius 2 is 1.91 bits per heavy atom. The lowest BCUT2D eigenvalue weighted by Gasteiger charge is -2.39. The summed E-state index contributed by atoms with van der Waals surface area (Å²) < 4.78 is 2.10. The zero-order valence-corrected chi connectivity index (χ0v) is 20.9. The summed E-state index contributed by atoms with van der Waals surface area (Å²) in [5.41, 5.74) is 5.34. The van der Waals surface area contributed by atoms with E-state index in [1.807, 2.05) is 27.1 Å². The number of benzene rings is 1. The Morgan fingerprint density at radius 1 is 1.20 bits per heavy atom. The number of ketones is 1. The Bertz CT molecular complexity index is 1350. The van der Waals surface area contributed by atoms with E-state index >= 15 is 0 Å². The normalized spacial score (nSPS) is 21.5. The van der Waals surface area contributed by atoms with Gasteiger partial charge >= 0.3 is 0 Å². The molecule has 1 saturated heterocycles. The van der Waals surface area contributed by atoms with Gasteiger partial charge in [-0.3, -0.25) is 9.59 Å². The topological polar surface area (TPSA) is 79.0 Å². The second-order valence-corrected chi connectivity index (χ2v) is 10.6. The molecule has 35 heavy (non-hydrogen) atoms. The maximum Gasteiger partial charge on any atom is 0.225 e. The van der Waals surface area contributed by atoms with E-state index in [4.69, 9.17) is 4.98 Å². The van der Waals surface area contributed by atoms with Gasteiger partial charge in [0.25, 0.3) is 0 Å². The summed E-state index contributed by atoms with van der Waals surface area (Å²) in [5, 5.41) is 10.3. The molecule has 1 saturated carbocycles. The Labute approximate surface area is 206 Å². The highest BCUT2D eigenvalue weighted by Crippen LogP contribution is 2.50. The van der Waals surface area contributed by atoms with Gasteiger partial charge in [-0.25, -0.2) is 4.98 Å². The van der Waals surface area contributed by atoms with Crippen LogP contribution in [0.15, 0.2) is 36.7 Å². The number of pyridine rings is 1. The highest BCUT2D eigenvalue weighted by molar-refractivity contribution is 5.98. The lowest BCUT2D eigenvalue weighted by atomic mass is 9.79. The van der Waals surface area contributed by atoms with E-state index in [0.717, 1.165) is 48.1 Å². The third-order valence-electron chi connectivity index (χ3n) is 8.04. The van der Waals surface area contributed by atoms with E-state index in [1.54, 1.807) is 24.3 Å². The minimum absolute atomic E-state index is 0.00981. The van der Waals surface area contributed by atoms with Crippen molar-refractivity contribution >= 4 is 22.7 Å². The molecule has 0 spiro atoms. The van der Waals surface area contributed by atoms with E-state index in [2.05, 4.69) is 28.7 Å². The molecule has 3 atom stereocenters. The predicted octanol–water partition coefficient (Wildman–Crippen LogP) is 4.79. The van der Waals surface area contributed by atoms with Crippen molar-refractivity contribution in [2.24, 2.45) is 24.8 Å². The molecule has 5 rings (SSSR count). The molecule has 180 valence electrons. The van der Waals surface area contributed by atoms with Crippen molar-refractivity contribution in [3.05, 3.63) is 64.5 Å². The third kappa shape index (κ3) is 4.03. The molecule has 0 N–H and O–H groups in total. The van der Waals surface area contributed by atoms with Gasteiger partial charge < -0.3 is 9.47 Å². The Hall–Kier alpha value is -3.46. The molecular weight excluding hydrogens is 436 g/mol. The molecule has 1 aliphatic carbocycles. The number of nitriles is 1. The number of rotatable bonds is 5. The monoisotopic (exact) mass is 468 g/mol. The van der Waals surface area contributed by atoms with Gasteiger partial charge in [0, 0.05) is 55.8 Å². The molecule has 1 amide bonds. The maximum absolute atomic E-state index is 13.1. The summed E-state index contributed by atoms with van der Waals surface area (Å²) in [5.74, 6) is 1.61. The molecular formula is C29H32N4O2. The molecule has 3 heterocycles. The fourth-order valence-electron chi connectivity index (χ4n) is 6.32. The minimum atomic E-state index is -0.00981. The number of amides is 1. The fraction of sp³-hybridized carbons (Fsp3) is 0.448. The fourth-order valence-corrected chi connectivity index (χ4v) is 6.32. The van der Waals surface area contributed by atoms with Gasteiger partial charge in [0.05, 0.1) is 11.6 Å². The van der Waals surface area contributed by atoms with Crippen LogP contribution in [-0.2, 0) is 18.3 Å². The van der Waals surface area contributed by atoms with Crippen LogP contribution in [0.4, 0.5) is 0 Å². The minimum Gasteiger partial charge on any atom is -0.342 e. The molecule has 2 fully saturated rings. The maximum atomic E-state index is 13.1. The average molecular weight is 469 g/mol. The molecule has 2 aromatic heterocycles. The smallest absolute Gasteiger partial charge is 0.225 e. The van der Waals surface area contributed by atoms with Crippen LogP contribution in [0.5, 0.6) is 0 Å². The first-order valence-corrected chi connectivity index (χ1v) is 12.5. The summed E-state index contributed by atoms with van der Waals surface area (Å²) in [6.45, 7) is 7.72. The van der Waals surface area contributed by atoms with Gasteiger partial charge in [0.1, 0.15) is 5.65 Å². The van der Waals surface area contributed by atoms with Crippen LogP contribution in [0.25, 0.3) is 11.0 Å². The number of piperidine rings is 1. The summed E-state index contributed by atoms with van der Waals surface area (Å²) in [6, 6.07) is 8.99. The van der Waals surface area contributed by atoms with Crippen LogP contribution >= 0.6 is 0 Å². The van der Waals surface area contributed by atoms with Gasteiger partial charge in [-0.2, -0.15) is 5.26 Å². The van der Waals surface area contributed by atoms with Crippen LogP contribution < -0.4 is 0 Å². The Morgan fingerprint density at radius 3 is 2.57 bits per heavy atom. The first kappa shape index (κ1) is 23.3. The summed E-state index contributed by atoms with van der Waals surface area (Å²) in [4.78, 5) is 32.6. The number of carbonyl (C=O) groups excluding carboxylic acids is 2. The van der Waals surface area contributed by atoms with Crippen molar-refractivity contribution in [2.75, 3.05) is 13.1 Å². The van der Waals surface area contributed by atoms with Crippen molar-refractivity contribution in [3.63, 3.8) is 0 Å². The molecule has 1 aliphatic heterocycles. The molecule has 0 radical (unpaired) electrons. The van der Waals surface area contributed by atoms with E-state index in [1.165, 1.54) is 5.56 Å². The van der Waals surface area contributed by atoms with Crippen molar-refractivity contribution in [1.29, 1.82) is 5.26 Å². The number of hydrogen-bond donors (Lipinski definition) is 0. The number of Topliss-reactive ketones (excluding diaryl/α,β-unsaturated/α-hetero) is 1. The van der Waals surface area contributed by atoms with Gasteiger partial charge in [0.2, 0.25) is 5.91 Å². The van der Waals surface area contributed by atoms with E-state index in [-0.39, 0.29) is 24.0 Å². The van der Waals surface area contributed by atoms with Crippen LogP contribution in [0.2, 0.25) is 0 Å². The van der Waals surface area contributed by atoms with Gasteiger partial charge in [-0.05, 0) is 66.3 Å². The van der Waals surface area contributed by atoms with Crippen LogP contribution in [0.3, 0.4) is 0 Å². The first-order chi connectivity index (χ1) is 16.8. The molecule has 2 bridgehead atoms. The second kappa shape index (κ2) is 8.96. The number of hydrogen-bond acceptors (Lipinski definition) is 4. The molecule has 6 heteroatoms. The Balaban J connectivity index is 1.48. The summed E-state index contributed by atoms with van der Waals surface area (Å²) in [6.07, 6.45) is 6.60. The number of aromatic nitrogens is 2. The first-order valence-electron chi connectivity index (χ1n) is 12.5. The molecule has 2 aliphatic rings. The predicted molar refractivity (Wildman–Crippen MR) is 135 cm³/mol. The quantitative estimate of drug-likeness (QED) is 0.505. The molecule has 3 aromatic rings. The largest absolute Gasteiger partial charge is 0.342 e. The van der Waals surface area contributed by atoms with Crippen LogP contribution in [0.1, 0.15) is 65.2 Å². The number of fused-ring (bicyclic) bond motifs is 3. The summed E-state index contributed by atoms with van der Waals surface area (Å²) >= 11 is 0. The number of likely N-dealkylation sites (tertiary alicyclic amines) is 1. The van der Waals surface area contributed by atoms with Crippen LogP contribution in [0, 0.1) is 36.0 Å². The standard InChI is InChI=1S/C29H32N4O2/c1-17(2)29(35)33-14-21-8-9-22(15-33)27(21)24-16-32(4)28-26(24)18(3)23(13-31-28)11-25(34)20-7-5-6-19(10-20)12-30/h5-7,10,13,16-17,21-22,27H,8-9,11,14-15H2,1-4H3/t21-,22?,27?/m0/s1. The van der Waals surface area contributed by atoms with Gasteiger partial charge in [0.15, 0.2) is 5.78 Å². The number of nitrogens with zero attached hydrogens (tertiary/aromatic N) is 4. The zero-order chi connectivity index (χ0) is 24.9. The van der Waals surface area contributed by atoms with Crippen LogP contribution in [-0.4, -0.2) is 39.2 Å². The average Bonchev–Trinajstić information content (AvgIpc) is 3.32. The van der Waals surface area contributed by atoms with Crippen molar-refractivity contribution in [3.8, 4) is 6.07 Å². The van der Waals surface area contributed by atoms with Gasteiger partial charge in [-0.15, -0.1) is 0 Å².